The second-order valence-electron chi connectivity index (χ2n) is 2.88. The molecule has 92 valence electrons. The number of carboxylic acid groups (broad SMARTS) is 3. The highest BCUT2D eigenvalue weighted by atomic mass is 32.2. The molecule has 0 fully saturated rings. The Hall–Kier alpha value is -1.32. The van der Waals surface area contributed by atoms with Crippen molar-refractivity contribution < 1.29 is 29.7 Å². The zero-order valence-corrected chi connectivity index (χ0v) is 8.94. The zero-order chi connectivity index (χ0) is 12.7. The van der Waals surface area contributed by atoms with Crippen LogP contribution >= 0.6 is 11.9 Å². The minimum Gasteiger partial charge on any atom is -0.481 e. The average Bonchev–Trinajstić information content (AvgIpc) is 2.13. The van der Waals surface area contributed by atoms with Crippen LogP contribution in [0.25, 0.3) is 0 Å². The van der Waals surface area contributed by atoms with Crippen molar-refractivity contribution >= 4 is 29.9 Å². The van der Waals surface area contributed by atoms with E-state index in [0.29, 0.717) is 11.9 Å². The molecule has 8 nitrogen and oxygen atoms in total. The molecule has 9 heteroatoms. The van der Waals surface area contributed by atoms with Crippen LogP contribution in [0.2, 0.25) is 0 Å². The van der Waals surface area contributed by atoms with Crippen LogP contribution in [0.15, 0.2) is 0 Å². The molecule has 0 aliphatic rings. The molecule has 0 aromatic rings. The van der Waals surface area contributed by atoms with E-state index in [1.165, 1.54) is 0 Å². The Bertz CT molecular complexity index is 284. The molecule has 2 atom stereocenters. The molecule has 0 rings (SSSR count). The van der Waals surface area contributed by atoms with Gasteiger partial charge in [0.15, 0.2) is 0 Å². The second kappa shape index (κ2) is 7.04. The smallest absolute Gasteiger partial charge is 0.321 e. The quantitative estimate of drug-likeness (QED) is 0.268. The summed E-state index contributed by atoms with van der Waals surface area (Å²) in [4.78, 5) is 31.4. The molecule has 0 aliphatic heterocycles. The van der Waals surface area contributed by atoms with Gasteiger partial charge in [-0.05, 0) is 0 Å². The average molecular weight is 252 g/mol. The molecule has 0 spiro atoms. The van der Waals surface area contributed by atoms with Gasteiger partial charge in [0.1, 0.15) is 6.04 Å². The molecule has 0 aromatic carbocycles. The van der Waals surface area contributed by atoms with Crippen molar-refractivity contribution in [1.29, 1.82) is 0 Å². The molecule has 0 amide bonds. The molecular formula is C7H12N2O6S. The topological polar surface area (TPSA) is 150 Å². The number of aliphatic carboxylic acids is 3. The lowest BCUT2D eigenvalue weighted by molar-refractivity contribution is -0.146. The minimum atomic E-state index is -1.37. The predicted molar refractivity (Wildman–Crippen MR) is 54.6 cm³/mol. The van der Waals surface area contributed by atoms with Gasteiger partial charge >= 0.3 is 17.9 Å². The van der Waals surface area contributed by atoms with E-state index in [2.05, 4.69) is 5.32 Å². The lowest BCUT2D eigenvalue weighted by Gasteiger charge is -2.18. The fraction of sp³-hybridized carbons (Fsp3) is 0.571. The molecule has 0 heterocycles. The first-order chi connectivity index (χ1) is 7.36. The van der Waals surface area contributed by atoms with Gasteiger partial charge in [-0.15, -0.1) is 0 Å². The first-order valence-electron chi connectivity index (χ1n) is 4.14. The molecule has 0 saturated carbocycles. The number of rotatable bonds is 8. The molecule has 16 heavy (non-hydrogen) atoms. The summed E-state index contributed by atoms with van der Waals surface area (Å²) in [6.45, 7) is 0. The fourth-order valence-electron chi connectivity index (χ4n) is 0.921. The van der Waals surface area contributed by atoms with E-state index in [-0.39, 0.29) is 0 Å². The van der Waals surface area contributed by atoms with E-state index in [1.807, 2.05) is 0 Å². The lowest BCUT2D eigenvalue weighted by atomic mass is 10.2. The Labute approximate surface area is 94.9 Å². The first kappa shape index (κ1) is 14.7. The zero-order valence-electron chi connectivity index (χ0n) is 8.12. The Balaban J connectivity index is 4.39. The number of hydrogen-bond donors (Lipinski definition) is 5. The maximum atomic E-state index is 10.6. The van der Waals surface area contributed by atoms with E-state index >= 15 is 0 Å². The van der Waals surface area contributed by atoms with Crippen molar-refractivity contribution in [3.8, 4) is 0 Å². The van der Waals surface area contributed by atoms with Gasteiger partial charge in [-0.3, -0.25) is 24.8 Å². The highest BCUT2D eigenvalue weighted by molar-refractivity contribution is 7.97. The normalized spacial score (nSPS) is 14.1. The molecule has 1 unspecified atom stereocenters. The first-order valence-corrected chi connectivity index (χ1v) is 5.09. The summed E-state index contributed by atoms with van der Waals surface area (Å²) < 4.78 is 0. The van der Waals surface area contributed by atoms with Gasteiger partial charge in [-0.25, -0.2) is 0 Å². The Morgan fingerprint density at radius 2 is 1.62 bits per heavy atom. The third-order valence-corrected chi connectivity index (χ3v) is 2.22. The summed E-state index contributed by atoms with van der Waals surface area (Å²) >= 11 is 0.623. The van der Waals surface area contributed by atoms with Gasteiger partial charge in [0.05, 0.1) is 18.2 Å². The van der Waals surface area contributed by atoms with Gasteiger partial charge in [0, 0.05) is 0 Å². The summed E-state index contributed by atoms with van der Waals surface area (Å²) in [5.74, 6) is -3.82. The van der Waals surface area contributed by atoms with E-state index in [1.54, 1.807) is 0 Å². The van der Waals surface area contributed by atoms with Gasteiger partial charge < -0.3 is 15.3 Å². The summed E-state index contributed by atoms with van der Waals surface area (Å²) in [5, 5.41) is 32.2. The Morgan fingerprint density at radius 3 is 1.94 bits per heavy atom. The van der Waals surface area contributed by atoms with Gasteiger partial charge in [0.25, 0.3) is 0 Å². The lowest BCUT2D eigenvalue weighted by Crippen LogP contribution is -2.44. The molecular weight excluding hydrogens is 240 g/mol. The van der Waals surface area contributed by atoms with Crippen molar-refractivity contribution in [3.05, 3.63) is 0 Å². The Morgan fingerprint density at radius 1 is 1.12 bits per heavy atom. The van der Waals surface area contributed by atoms with E-state index in [4.69, 9.17) is 20.5 Å². The predicted octanol–water partition coefficient (Wildman–Crippen LogP) is -1.09. The largest absolute Gasteiger partial charge is 0.481 e. The molecule has 0 aromatic heterocycles. The number of nitrogens with two attached hydrogens (primary N) is 1. The molecule has 0 bridgehead atoms. The van der Waals surface area contributed by atoms with Crippen molar-refractivity contribution in [2.24, 2.45) is 5.14 Å². The SMILES string of the molecule is NSC(CC(=O)O)N[C@@H](CC(=O)O)C(=O)O. The van der Waals surface area contributed by atoms with Crippen LogP contribution in [0.5, 0.6) is 0 Å². The van der Waals surface area contributed by atoms with Crippen LogP contribution in [0, 0.1) is 0 Å². The van der Waals surface area contributed by atoms with Crippen molar-refractivity contribution in [2.45, 2.75) is 24.3 Å². The minimum absolute atomic E-state index is 0.398. The summed E-state index contributed by atoms with van der Waals surface area (Å²) in [5.41, 5.74) is 0. The molecule has 0 radical (unpaired) electrons. The van der Waals surface area contributed by atoms with Crippen LogP contribution in [0.1, 0.15) is 12.8 Å². The van der Waals surface area contributed by atoms with Gasteiger partial charge in [0.2, 0.25) is 0 Å². The third-order valence-electron chi connectivity index (χ3n) is 1.59. The van der Waals surface area contributed by atoms with Gasteiger partial charge in [-0.1, -0.05) is 11.9 Å². The maximum absolute atomic E-state index is 10.6. The fourth-order valence-corrected chi connectivity index (χ4v) is 1.40. The molecule has 0 aliphatic carbocycles. The second-order valence-corrected chi connectivity index (χ2v) is 3.72. The van der Waals surface area contributed by atoms with E-state index < -0.39 is 42.2 Å². The Kier molecular flexibility index (Phi) is 6.46. The monoisotopic (exact) mass is 252 g/mol. The number of nitrogens with one attached hydrogen (secondary N) is 1. The molecule has 0 saturated heterocycles. The highest BCUT2D eigenvalue weighted by Gasteiger charge is 2.25. The van der Waals surface area contributed by atoms with Crippen LogP contribution in [-0.4, -0.2) is 44.6 Å². The third kappa shape index (κ3) is 6.22. The van der Waals surface area contributed by atoms with Crippen molar-refractivity contribution in [3.63, 3.8) is 0 Å². The number of hydrogen-bond acceptors (Lipinski definition) is 6. The van der Waals surface area contributed by atoms with E-state index in [9.17, 15) is 14.4 Å². The maximum Gasteiger partial charge on any atom is 0.321 e. The van der Waals surface area contributed by atoms with Crippen molar-refractivity contribution in [2.75, 3.05) is 0 Å². The van der Waals surface area contributed by atoms with Crippen LogP contribution in [0.3, 0.4) is 0 Å². The number of carboxylic acids is 3. The molecule has 6 N–H and O–H groups in total. The van der Waals surface area contributed by atoms with Gasteiger partial charge in [-0.2, -0.15) is 0 Å². The highest BCUT2D eigenvalue weighted by Crippen LogP contribution is 2.07. The van der Waals surface area contributed by atoms with Crippen LogP contribution in [0.4, 0.5) is 0 Å². The summed E-state index contributed by atoms with van der Waals surface area (Å²) in [7, 11) is 0. The van der Waals surface area contributed by atoms with E-state index in [0.717, 1.165) is 0 Å². The van der Waals surface area contributed by atoms with Crippen molar-refractivity contribution in [1.82, 2.24) is 5.32 Å². The van der Waals surface area contributed by atoms with Crippen LogP contribution < -0.4 is 10.5 Å². The summed E-state index contributed by atoms with van der Waals surface area (Å²) in [6, 6.07) is -1.36. The summed E-state index contributed by atoms with van der Waals surface area (Å²) in [6.07, 6.45) is -1.05. The standard InChI is InChI=1S/C7H12N2O6S/c8-16-4(2-6(12)13)9-3(7(14)15)1-5(10)11/h3-4,9H,1-2,8H2,(H,10,11)(H,12,13)(H,14,15)/t3-,4?/m0/s1. The van der Waals surface area contributed by atoms with Crippen LogP contribution in [-0.2, 0) is 14.4 Å². The number of carbonyl (C=O) groups is 3.